The maximum Gasteiger partial charge on any atom is 0.335 e. The first-order valence-electron chi connectivity index (χ1n) is 6.82. The fourth-order valence-electron chi connectivity index (χ4n) is 2.84. The Morgan fingerprint density at radius 2 is 2.05 bits per heavy atom. The topological polar surface area (TPSA) is 60.4 Å². The summed E-state index contributed by atoms with van der Waals surface area (Å²) < 4.78 is 5.00. The summed E-state index contributed by atoms with van der Waals surface area (Å²) >= 11 is 0. The van der Waals surface area contributed by atoms with E-state index >= 15 is 0 Å². The Balaban J connectivity index is 2.20. The third-order valence-corrected chi connectivity index (χ3v) is 4.26. The predicted molar refractivity (Wildman–Crippen MR) is 69.4 cm³/mol. The Bertz CT molecular complexity index is 473. The van der Waals surface area contributed by atoms with Crippen molar-refractivity contribution in [3.05, 3.63) is 11.1 Å². The molecule has 2 rings (SSSR count). The van der Waals surface area contributed by atoms with Crippen LogP contribution in [0.1, 0.15) is 46.5 Å². The van der Waals surface area contributed by atoms with Crippen LogP contribution in [-0.2, 0) is 19.1 Å². The van der Waals surface area contributed by atoms with Crippen LogP contribution in [0.2, 0.25) is 0 Å². The first kappa shape index (κ1) is 14.0. The Kier molecular flexibility index (Phi) is 3.61. The second kappa shape index (κ2) is 4.91. The standard InChI is InChI=1S/C15H20O4/c1-9(2)11(16)4-6-15(3)7-5-12(17)10-8-19-14(18)13(10)15/h9H,4-8H2,1-3H3. The summed E-state index contributed by atoms with van der Waals surface area (Å²) in [5.41, 5.74) is 0.678. The van der Waals surface area contributed by atoms with Crippen molar-refractivity contribution in [1.29, 1.82) is 0 Å². The highest BCUT2D eigenvalue weighted by Crippen LogP contribution is 2.45. The molecule has 104 valence electrons. The van der Waals surface area contributed by atoms with Gasteiger partial charge in [-0.25, -0.2) is 4.79 Å². The second-order valence-corrected chi connectivity index (χ2v) is 6.03. The molecule has 2 aliphatic rings. The maximum absolute atomic E-state index is 11.8. The van der Waals surface area contributed by atoms with Crippen molar-refractivity contribution >= 4 is 17.5 Å². The molecule has 0 fully saturated rings. The number of hydrogen-bond donors (Lipinski definition) is 0. The van der Waals surface area contributed by atoms with E-state index in [4.69, 9.17) is 4.74 Å². The number of hydrogen-bond acceptors (Lipinski definition) is 4. The van der Waals surface area contributed by atoms with Crippen LogP contribution in [0.25, 0.3) is 0 Å². The van der Waals surface area contributed by atoms with Crippen molar-refractivity contribution in [1.82, 2.24) is 0 Å². The van der Waals surface area contributed by atoms with Crippen LogP contribution in [0.4, 0.5) is 0 Å². The minimum absolute atomic E-state index is 0.0119. The van der Waals surface area contributed by atoms with Gasteiger partial charge in [-0.15, -0.1) is 0 Å². The molecule has 4 heteroatoms. The van der Waals surface area contributed by atoms with E-state index < -0.39 is 0 Å². The lowest BCUT2D eigenvalue weighted by Crippen LogP contribution is -2.31. The molecule has 1 unspecified atom stereocenters. The number of carbonyl (C=O) groups excluding carboxylic acids is 3. The number of esters is 1. The number of ether oxygens (including phenoxy) is 1. The van der Waals surface area contributed by atoms with Crippen molar-refractivity contribution in [2.24, 2.45) is 11.3 Å². The molecule has 1 aliphatic heterocycles. The minimum Gasteiger partial charge on any atom is -0.457 e. The average molecular weight is 264 g/mol. The smallest absolute Gasteiger partial charge is 0.335 e. The number of carbonyl (C=O) groups is 3. The van der Waals surface area contributed by atoms with Crippen molar-refractivity contribution in [3.8, 4) is 0 Å². The van der Waals surface area contributed by atoms with Crippen molar-refractivity contribution in [3.63, 3.8) is 0 Å². The first-order chi connectivity index (χ1) is 8.85. The van der Waals surface area contributed by atoms with Crippen molar-refractivity contribution < 1.29 is 19.1 Å². The highest BCUT2D eigenvalue weighted by molar-refractivity contribution is 6.08. The molecule has 19 heavy (non-hydrogen) atoms. The van der Waals surface area contributed by atoms with Crippen LogP contribution in [0.5, 0.6) is 0 Å². The largest absolute Gasteiger partial charge is 0.457 e. The maximum atomic E-state index is 11.8. The van der Waals surface area contributed by atoms with Crippen LogP contribution in [0.3, 0.4) is 0 Å². The van der Waals surface area contributed by atoms with Gasteiger partial charge in [-0.2, -0.15) is 0 Å². The van der Waals surface area contributed by atoms with Gasteiger partial charge in [-0.1, -0.05) is 20.8 Å². The van der Waals surface area contributed by atoms with E-state index in [1.165, 1.54) is 0 Å². The summed E-state index contributed by atoms with van der Waals surface area (Å²) in [5.74, 6) is -0.138. The number of rotatable bonds is 4. The highest BCUT2D eigenvalue weighted by atomic mass is 16.5. The molecule has 0 radical (unpaired) electrons. The molecule has 0 bridgehead atoms. The summed E-state index contributed by atoms with van der Waals surface area (Å²) in [4.78, 5) is 35.4. The third-order valence-electron chi connectivity index (χ3n) is 4.26. The molecule has 4 nitrogen and oxygen atoms in total. The van der Waals surface area contributed by atoms with Gasteiger partial charge in [0, 0.05) is 29.7 Å². The van der Waals surface area contributed by atoms with Crippen LogP contribution < -0.4 is 0 Å². The lowest BCUT2D eigenvalue weighted by molar-refractivity contribution is -0.137. The Morgan fingerprint density at radius 3 is 2.68 bits per heavy atom. The fraction of sp³-hybridized carbons (Fsp3) is 0.667. The lowest BCUT2D eigenvalue weighted by atomic mass is 9.68. The van der Waals surface area contributed by atoms with Gasteiger partial charge in [0.1, 0.15) is 12.4 Å². The highest BCUT2D eigenvalue weighted by Gasteiger charge is 2.45. The monoisotopic (exact) mass is 264 g/mol. The summed E-state index contributed by atoms with van der Waals surface area (Å²) in [7, 11) is 0. The summed E-state index contributed by atoms with van der Waals surface area (Å²) in [5, 5.41) is 0. The molecule has 1 heterocycles. The molecule has 0 aromatic heterocycles. The van der Waals surface area contributed by atoms with E-state index in [1.54, 1.807) is 0 Å². The zero-order valence-electron chi connectivity index (χ0n) is 11.7. The van der Waals surface area contributed by atoms with Gasteiger partial charge < -0.3 is 4.74 Å². The van der Waals surface area contributed by atoms with Gasteiger partial charge >= 0.3 is 5.97 Å². The zero-order valence-corrected chi connectivity index (χ0v) is 11.7. The minimum atomic E-state index is -0.388. The zero-order chi connectivity index (χ0) is 14.2. The van der Waals surface area contributed by atoms with Gasteiger partial charge in [0.25, 0.3) is 0 Å². The van der Waals surface area contributed by atoms with Gasteiger partial charge in [0.2, 0.25) is 0 Å². The lowest BCUT2D eigenvalue weighted by Gasteiger charge is -2.33. The van der Waals surface area contributed by atoms with Gasteiger partial charge in [-0.3, -0.25) is 9.59 Å². The van der Waals surface area contributed by atoms with E-state index in [9.17, 15) is 14.4 Å². The van der Waals surface area contributed by atoms with Crippen molar-refractivity contribution in [2.75, 3.05) is 6.61 Å². The SMILES string of the molecule is CC(C)C(=O)CCC1(C)CCC(=O)C2=C1C(=O)OC2. The number of ketones is 2. The summed E-state index contributed by atoms with van der Waals surface area (Å²) in [6.07, 6.45) is 2.14. The van der Waals surface area contributed by atoms with Crippen LogP contribution in [-0.4, -0.2) is 24.1 Å². The molecule has 0 saturated carbocycles. The van der Waals surface area contributed by atoms with Crippen LogP contribution >= 0.6 is 0 Å². The van der Waals surface area contributed by atoms with Gasteiger partial charge in [-0.05, 0) is 12.8 Å². The molecular weight excluding hydrogens is 244 g/mol. The summed E-state index contributed by atoms with van der Waals surface area (Å²) in [6, 6.07) is 0. The number of cyclic esters (lactones) is 1. The molecule has 0 amide bonds. The second-order valence-electron chi connectivity index (χ2n) is 6.03. The molecular formula is C15H20O4. The molecule has 0 N–H and O–H groups in total. The molecule has 0 aromatic rings. The van der Waals surface area contributed by atoms with E-state index in [0.29, 0.717) is 36.8 Å². The van der Waals surface area contributed by atoms with E-state index in [1.807, 2.05) is 20.8 Å². The Hall–Kier alpha value is -1.45. The van der Waals surface area contributed by atoms with E-state index in [0.717, 1.165) is 0 Å². The van der Waals surface area contributed by atoms with E-state index in [-0.39, 0.29) is 35.5 Å². The van der Waals surface area contributed by atoms with Gasteiger partial charge in [0.15, 0.2) is 5.78 Å². The molecule has 1 atom stereocenters. The molecule has 1 aliphatic carbocycles. The Labute approximate surface area is 113 Å². The van der Waals surface area contributed by atoms with E-state index in [2.05, 4.69) is 0 Å². The third kappa shape index (κ3) is 2.48. The average Bonchev–Trinajstić information content (AvgIpc) is 2.75. The van der Waals surface area contributed by atoms with Gasteiger partial charge in [0.05, 0.1) is 5.57 Å². The molecule has 0 spiro atoms. The summed E-state index contributed by atoms with van der Waals surface area (Å²) in [6.45, 7) is 5.84. The molecule has 0 aromatic carbocycles. The fourth-order valence-corrected chi connectivity index (χ4v) is 2.84. The predicted octanol–water partition coefficient (Wildman–Crippen LogP) is 2.21. The first-order valence-corrected chi connectivity index (χ1v) is 6.82. The van der Waals surface area contributed by atoms with Crippen molar-refractivity contribution in [2.45, 2.75) is 46.5 Å². The Morgan fingerprint density at radius 1 is 1.37 bits per heavy atom. The van der Waals surface area contributed by atoms with Crippen LogP contribution in [0.15, 0.2) is 11.1 Å². The quantitative estimate of drug-likeness (QED) is 0.730. The van der Waals surface area contributed by atoms with Crippen LogP contribution in [0, 0.1) is 11.3 Å². The molecule has 0 saturated heterocycles. The number of Topliss-reactive ketones (excluding diaryl/α,β-unsaturated/α-hetero) is 2. The normalized spacial score (nSPS) is 26.7.